The minimum Gasteiger partial charge on any atom is -0.393 e. The van der Waals surface area contributed by atoms with Crippen molar-refractivity contribution in [3.8, 4) is 0 Å². The number of carbonyl (C=O) groups is 2. The normalized spacial score (nSPS) is 46.4. The first-order chi connectivity index (χ1) is 18.2. The summed E-state index contributed by atoms with van der Waals surface area (Å²) in [4.78, 5) is 28.8. The highest BCUT2D eigenvalue weighted by Crippen LogP contribution is 2.70. The predicted octanol–water partition coefficient (Wildman–Crippen LogP) is 4.85. The molecule has 1 heterocycles. The van der Waals surface area contributed by atoms with Gasteiger partial charge in [0.15, 0.2) is 23.5 Å². The lowest BCUT2D eigenvalue weighted by Crippen LogP contribution is -2.64. The molecule has 0 aromatic rings. The van der Waals surface area contributed by atoms with E-state index in [0.29, 0.717) is 18.9 Å². The second-order valence-electron chi connectivity index (χ2n) is 13.6. The quantitative estimate of drug-likeness (QED) is 0.535. The van der Waals surface area contributed by atoms with E-state index < -0.39 is 17.1 Å². The van der Waals surface area contributed by atoms with Crippen molar-refractivity contribution >= 4 is 11.6 Å². The van der Waals surface area contributed by atoms with Gasteiger partial charge in [-0.05, 0) is 75.6 Å². The lowest BCUT2D eigenvalue weighted by molar-refractivity contribution is -0.208. The predicted molar refractivity (Wildman–Crippen MR) is 145 cm³/mol. The number of fused-ring (bicyclic) bond motifs is 7. The van der Waals surface area contributed by atoms with E-state index in [1.54, 1.807) is 12.2 Å². The molecule has 0 unspecified atom stereocenters. The Bertz CT molecular complexity index is 1030. The van der Waals surface area contributed by atoms with Gasteiger partial charge >= 0.3 is 0 Å². The average Bonchev–Trinajstić information content (AvgIpc) is 3.41. The van der Waals surface area contributed by atoms with Crippen molar-refractivity contribution in [2.75, 3.05) is 19.6 Å². The Kier molecular flexibility index (Phi) is 6.81. The van der Waals surface area contributed by atoms with Crippen LogP contribution in [-0.4, -0.2) is 65.3 Å². The number of ether oxygens (including phenoxy) is 2. The van der Waals surface area contributed by atoms with E-state index in [1.165, 1.54) is 19.3 Å². The van der Waals surface area contributed by atoms with Gasteiger partial charge in [-0.15, -0.1) is 0 Å². The highest BCUT2D eigenvalue weighted by atomic mass is 16.7. The van der Waals surface area contributed by atoms with Crippen LogP contribution in [0.5, 0.6) is 0 Å². The van der Waals surface area contributed by atoms with Gasteiger partial charge in [-0.1, -0.05) is 58.6 Å². The van der Waals surface area contributed by atoms with Crippen molar-refractivity contribution in [1.82, 2.24) is 4.90 Å². The van der Waals surface area contributed by atoms with Crippen LogP contribution in [0.25, 0.3) is 0 Å². The summed E-state index contributed by atoms with van der Waals surface area (Å²) < 4.78 is 13.8. The first-order valence-corrected chi connectivity index (χ1v) is 15.4. The van der Waals surface area contributed by atoms with E-state index in [0.717, 1.165) is 50.8 Å². The first kappa shape index (κ1) is 26.9. The van der Waals surface area contributed by atoms with Crippen molar-refractivity contribution in [2.24, 2.45) is 34.5 Å². The summed E-state index contributed by atoms with van der Waals surface area (Å²) in [5.41, 5.74) is -0.661. The molecular formula is C32H47NO5. The van der Waals surface area contributed by atoms with Crippen molar-refractivity contribution in [1.29, 1.82) is 0 Å². The van der Waals surface area contributed by atoms with Crippen LogP contribution >= 0.6 is 0 Å². The summed E-state index contributed by atoms with van der Waals surface area (Å²) in [7, 11) is 0. The smallest absolute Gasteiger partial charge is 0.181 e. The molecule has 38 heavy (non-hydrogen) atoms. The van der Waals surface area contributed by atoms with Crippen LogP contribution in [0.15, 0.2) is 23.8 Å². The van der Waals surface area contributed by atoms with Gasteiger partial charge in [0.25, 0.3) is 0 Å². The van der Waals surface area contributed by atoms with Crippen molar-refractivity contribution in [3.05, 3.63) is 23.8 Å². The second kappa shape index (κ2) is 9.64. The molecule has 0 aromatic heterocycles. The molecule has 4 saturated carbocycles. The average molecular weight is 526 g/mol. The third kappa shape index (κ3) is 3.73. The van der Waals surface area contributed by atoms with E-state index in [9.17, 15) is 14.7 Å². The molecular weight excluding hydrogens is 478 g/mol. The maximum Gasteiger partial charge on any atom is 0.181 e. The molecule has 6 heteroatoms. The van der Waals surface area contributed by atoms with Crippen LogP contribution in [-0.2, 0) is 19.1 Å². The van der Waals surface area contributed by atoms with Crippen LogP contribution in [0.1, 0.15) is 85.5 Å². The molecule has 0 amide bonds. The number of hydrogen-bond acceptors (Lipinski definition) is 6. The van der Waals surface area contributed by atoms with Gasteiger partial charge in [0.2, 0.25) is 0 Å². The number of hydrogen-bond donors (Lipinski definition) is 1. The van der Waals surface area contributed by atoms with E-state index in [-0.39, 0.29) is 47.1 Å². The topological polar surface area (TPSA) is 76.1 Å². The van der Waals surface area contributed by atoms with Crippen molar-refractivity contribution in [2.45, 2.75) is 110 Å². The van der Waals surface area contributed by atoms with Crippen LogP contribution in [0.3, 0.4) is 0 Å². The minimum absolute atomic E-state index is 0.0350. The van der Waals surface area contributed by atoms with E-state index in [2.05, 4.69) is 38.7 Å². The third-order valence-corrected chi connectivity index (χ3v) is 12.0. The fourth-order valence-electron chi connectivity index (χ4n) is 9.98. The highest BCUT2D eigenvalue weighted by Gasteiger charge is 2.76. The maximum atomic E-state index is 14.5. The molecule has 1 aliphatic heterocycles. The molecule has 210 valence electrons. The van der Waals surface area contributed by atoms with Crippen LogP contribution in [0.2, 0.25) is 0 Å². The SMILES string of the molecule is CCN(CC)CC(=O)[C@@]12O[C@H](C3CCCCC3)O[C@H]1C[C@H]1[C@@H]3CCC4=CC(=O)C=C[C@]4(C)[C@H]3[C@@H](O)C[C@@]12C. The Morgan fingerprint density at radius 1 is 1.13 bits per heavy atom. The monoisotopic (exact) mass is 525 g/mol. The van der Waals surface area contributed by atoms with Gasteiger partial charge < -0.3 is 14.6 Å². The molecule has 6 nitrogen and oxygen atoms in total. The number of ketones is 2. The third-order valence-electron chi connectivity index (χ3n) is 12.0. The lowest BCUT2D eigenvalue weighted by Gasteiger charge is -2.60. The standard InChI is InChI=1S/C32H47NO5/c1-5-33(6-2)19-26(36)32-27(37-29(38-32)20-10-8-7-9-11-20)17-24-23-13-12-21-16-22(34)14-15-30(21,3)28(23)25(35)18-31(24,32)4/h14-16,20,23-25,27-29,35H,5-13,17-19H2,1-4H3/t23-,24-,25-,27-,28+,29+,30-,31-,32+/m0/s1. The molecule has 0 aromatic carbocycles. The maximum absolute atomic E-state index is 14.5. The van der Waals surface area contributed by atoms with Gasteiger partial charge in [0.05, 0.1) is 18.8 Å². The minimum atomic E-state index is -1.01. The summed E-state index contributed by atoms with van der Waals surface area (Å²) in [6.45, 7) is 10.7. The molecule has 1 N–H and O–H groups in total. The number of allylic oxidation sites excluding steroid dienone is 4. The number of likely N-dealkylation sites (N-methyl/N-ethyl adjacent to an activating group) is 1. The summed E-state index contributed by atoms with van der Waals surface area (Å²) in [5, 5.41) is 11.9. The fourth-order valence-corrected chi connectivity index (χ4v) is 9.98. The number of rotatable bonds is 6. The summed E-state index contributed by atoms with van der Waals surface area (Å²) in [6, 6.07) is 0. The molecule has 9 atom stereocenters. The molecule has 0 bridgehead atoms. The number of Topliss-reactive ketones (excluding diaryl/α,β-unsaturated/α-hetero) is 1. The Morgan fingerprint density at radius 3 is 2.58 bits per heavy atom. The molecule has 0 spiro atoms. The van der Waals surface area contributed by atoms with Gasteiger partial charge in [-0.25, -0.2) is 0 Å². The number of carbonyl (C=O) groups excluding carboxylic acids is 2. The zero-order chi connectivity index (χ0) is 26.9. The van der Waals surface area contributed by atoms with Crippen molar-refractivity contribution in [3.63, 3.8) is 0 Å². The molecule has 5 fully saturated rings. The van der Waals surface area contributed by atoms with Gasteiger partial charge in [0, 0.05) is 22.7 Å². The first-order valence-electron chi connectivity index (χ1n) is 15.4. The molecule has 5 aliphatic carbocycles. The summed E-state index contributed by atoms with van der Waals surface area (Å²) in [5.74, 6) is 1.07. The van der Waals surface area contributed by atoms with Crippen LogP contribution < -0.4 is 0 Å². The molecule has 1 saturated heterocycles. The largest absolute Gasteiger partial charge is 0.393 e. The Labute approximate surface area is 228 Å². The molecule has 0 radical (unpaired) electrons. The lowest BCUT2D eigenvalue weighted by atomic mass is 9.46. The van der Waals surface area contributed by atoms with Crippen molar-refractivity contribution < 1.29 is 24.2 Å². The van der Waals surface area contributed by atoms with Crippen LogP contribution in [0.4, 0.5) is 0 Å². The van der Waals surface area contributed by atoms with Crippen LogP contribution in [0, 0.1) is 34.5 Å². The van der Waals surface area contributed by atoms with E-state index in [4.69, 9.17) is 9.47 Å². The van der Waals surface area contributed by atoms with E-state index in [1.807, 2.05) is 0 Å². The molecule has 6 aliphatic rings. The number of nitrogens with zero attached hydrogens (tertiary/aromatic N) is 1. The molecule has 6 rings (SSSR count). The zero-order valence-electron chi connectivity index (χ0n) is 23.8. The Morgan fingerprint density at radius 2 is 1.87 bits per heavy atom. The highest BCUT2D eigenvalue weighted by molar-refractivity contribution is 6.01. The Hall–Kier alpha value is -1.34. The number of aliphatic hydroxyl groups is 1. The van der Waals surface area contributed by atoms with Gasteiger partial charge in [0.1, 0.15) is 0 Å². The summed E-state index contributed by atoms with van der Waals surface area (Å²) in [6.07, 6.45) is 13.4. The second-order valence-corrected chi connectivity index (χ2v) is 13.6. The summed E-state index contributed by atoms with van der Waals surface area (Å²) >= 11 is 0. The van der Waals surface area contributed by atoms with Gasteiger partial charge in [-0.2, -0.15) is 0 Å². The number of aliphatic hydroxyl groups excluding tert-OH is 1. The van der Waals surface area contributed by atoms with Gasteiger partial charge in [-0.3, -0.25) is 14.5 Å². The Balaban J connectivity index is 1.37. The zero-order valence-corrected chi connectivity index (χ0v) is 23.8. The fraction of sp³-hybridized carbons (Fsp3) is 0.812. The van der Waals surface area contributed by atoms with E-state index >= 15 is 0 Å².